The largest absolute Gasteiger partial charge is 0.341 e. The minimum absolute atomic E-state index is 0.176. The van der Waals surface area contributed by atoms with Crippen molar-refractivity contribution in [2.45, 2.75) is 13.8 Å². The molecule has 2 aromatic carbocycles. The lowest BCUT2D eigenvalue weighted by Gasteiger charge is -2.04. The lowest BCUT2D eigenvalue weighted by atomic mass is 10.1. The standard InChI is InChI=1S/C18H16FNO/c1-13-10-14(2)12-16(11-13)18(21)20-9-5-7-15-6-3-4-8-17(15)19/h3-4,6,8,10-12H,9H2,1-2H3,(H,20,21). The highest BCUT2D eigenvalue weighted by molar-refractivity contribution is 5.94. The third-order valence-corrected chi connectivity index (χ3v) is 2.92. The summed E-state index contributed by atoms with van der Waals surface area (Å²) in [5.74, 6) is 4.92. The van der Waals surface area contributed by atoms with E-state index < -0.39 is 0 Å². The molecule has 0 bridgehead atoms. The monoisotopic (exact) mass is 281 g/mol. The summed E-state index contributed by atoms with van der Waals surface area (Å²) in [7, 11) is 0. The predicted octanol–water partition coefficient (Wildman–Crippen LogP) is 3.22. The van der Waals surface area contributed by atoms with E-state index in [-0.39, 0.29) is 18.3 Å². The smallest absolute Gasteiger partial charge is 0.252 e. The highest BCUT2D eigenvalue weighted by atomic mass is 19.1. The number of amides is 1. The van der Waals surface area contributed by atoms with Crippen LogP contribution in [0.5, 0.6) is 0 Å². The third-order valence-electron chi connectivity index (χ3n) is 2.92. The Morgan fingerprint density at radius 1 is 1.14 bits per heavy atom. The van der Waals surface area contributed by atoms with Gasteiger partial charge in [0.25, 0.3) is 5.91 Å². The van der Waals surface area contributed by atoms with Gasteiger partial charge in [-0.05, 0) is 38.1 Å². The second-order valence-corrected chi connectivity index (χ2v) is 4.84. The molecule has 1 amide bonds. The second-order valence-electron chi connectivity index (χ2n) is 4.84. The molecule has 0 unspecified atom stereocenters. The van der Waals surface area contributed by atoms with Gasteiger partial charge < -0.3 is 5.32 Å². The van der Waals surface area contributed by atoms with Crippen LogP contribution in [0.15, 0.2) is 42.5 Å². The van der Waals surface area contributed by atoms with Gasteiger partial charge in [-0.1, -0.05) is 41.2 Å². The first-order valence-corrected chi connectivity index (χ1v) is 6.66. The minimum Gasteiger partial charge on any atom is -0.341 e. The van der Waals surface area contributed by atoms with Gasteiger partial charge in [0.1, 0.15) is 5.82 Å². The van der Waals surface area contributed by atoms with E-state index in [0.717, 1.165) is 11.1 Å². The average Bonchev–Trinajstić information content (AvgIpc) is 2.44. The fourth-order valence-corrected chi connectivity index (χ4v) is 2.03. The molecule has 0 radical (unpaired) electrons. The number of halogens is 1. The zero-order valence-corrected chi connectivity index (χ0v) is 12.0. The van der Waals surface area contributed by atoms with Crippen LogP contribution in [0, 0.1) is 31.5 Å². The molecule has 0 aliphatic heterocycles. The fourth-order valence-electron chi connectivity index (χ4n) is 2.03. The molecule has 0 heterocycles. The van der Waals surface area contributed by atoms with Gasteiger partial charge in [0.05, 0.1) is 12.1 Å². The summed E-state index contributed by atoms with van der Waals surface area (Å²) in [6.07, 6.45) is 0. The Bertz CT molecular complexity index is 705. The molecule has 0 aliphatic rings. The zero-order chi connectivity index (χ0) is 15.2. The van der Waals surface area contributed by atoms with E-state index in [0.29, 0.717) is 11.1 Å². The van der Waals surface area contributed by atoms with Gasteiger partial charge in [-0.3, -0.25) is 4.79 Å². The third kappa shape index (κ3) is 4.19. The molecule has 0 aromatic heterocycles. The van der Waals surface area contributed by atoms with E-state index in [1.54, 1.807) is 18.2 Å². The summed E-state index contributed by atoms with van der Waals surface area (Å²) >= 11 is 0. The normalized spacial score (nSPS) is 9.67. The molecule has 0 spiro atoms. The number of rotatable bonds is 2. The molecular weight excluding hydrogens is 265 g/mol. The number of benzene rings is 2. The van der Waals surface area contributed by atoms with Gasteiger partial charge >= 0.3 is 0 Å². The maximum atomic E-state index is 13.3. The Kier molecular flexibility index (Phi) is 4.73. The summed E-state index contributed by atoms with van der Waals surface area (Å²) < 4.78 is 13.3. The van der Waals surface area contributed by atoms with E-state index >= 15 is 0 Å². The van der Waals surface area contributed by atoms with Gasteiger partial charge in [0.2, 0.25) is 0 Å². The van der Waals surface area contributed by atoms with Crippen molar-refractivity contribution in [3.63, 3.8) is 0 Å². The first-order valence-electron chi connectivity index (χ1n) is 6.66. The molecule has 0 atom stereocenters. The molecule has 0 fully saturated rings. The molecule has 0 saturated heterocycles. The molecule has 106 valence electrons. The number of nitrogens with one attached hydrogen (secondary N) is 1. The summed E-state index contributed by atoms with van der Waals surface area (Å²) in [4.78, 5) is 12.0. The quantitative estimate of drug-likeness (QED) is 0.841. The van der Waals surface area contributed by atoms with Crippen molar-refractivity contribution in [3.05, 3.63) is 70.5 Å². The summed E-state index contributed by atoms with van der Waals surface area (Å²) in [5, 5.41) is 2.71. The van der Waals surface area contributed by atoms with Crippen molar-refractivity contribution < 1.29 is 9.18 Å². The number of carbonyl (C=O) groups is 1. The van der Waals surface area contributed by atoms with Crippen LogP contribution >= 0.6 is 0 Å². The van der Waals surface area contributed by atoms with Crippen molar-refractivity contribution in [1.29, 1.82) is 0 Å². The van der Waals surface area contributed by atoms with Gasteiger partial charge in [-0.25, -0.2) is 4.39 Å². The summed E-state index contributed by atoms with van der Waals surface area (Å²) in [5.41, 5.74) is 3.02. The Hall–Kier alpha value is -2.60. The Balaban J connectivity index is 1.98. The molecule has 21 heavy (non-hydrogen) atoms. The number of carbonyl (C=O) groups excluding carboxylic acids is 1. The van der Waals surface area contributed by atoms with E-state index in [4.69, 9.17) is 0 Å². The minimum atomic E-state index is -0.356. The predicted molar refractivity (Wildman–Crippen MR) is 81.5 cm³/mol. The van der Waals surface area contributed by atoms with Gasteiger partial charge in [0.15, 0.2) is 0 Å². The van der Waals surface area contributed by atoms with E-state index in [1.807, 2.05) is 32.0 Å². The number of hydrogen-bond donors (Lipinski definition) is 1. The maximum absolute atomic E-state index is 13.3. The summed E-state index contributed by atoms with van der Waals surface area (Å²) in [6, 6.07) is 12.0. The lowest BCUT2D eigenvalue weighted by molar-refractivity contribution is 0.0958. The maximum Gasteiger partial charge on any atom is 0.252 e. The summed E-state index contributed by atoms with van der Waals surface area (Å²) in [6.45, 7) is 4.07. The van der Waals surface area contributed by atoms with Crippen LogP contribution in [0.1, 0.15) is 27.0 Å². The first-order chi connectivity index (χ1) is 10.1. The molecular formula is C18H16FNO. The Morgan fingerprint density at radius 2 is 1.81 bits per heavy atom. The molecule has 1 N–H and O–H groups in total. The van der Waals surface area contributed by atoms with Crippen LogP contribution < -0.4 is 5.32 Å². The molecule has 3 heteroatoms. The van der Waals surface area contributed by atoms with Crippen molar-refractivity contribution in [1.82, 2.24) is 5.32 Å². The molecule has 2 rings (SSSR count). The van der Waals surface area contributed by atoms with Crippen LogP contribution in [0.2, 0.25) is 0 Å². The molecule has 0 saturated carbocycles. The number of aryl methyl sites for hydroxylation is 2. The zero-order valence-electron chi connectivity index (χ0n) is 12.0. The van der Waals surface area contributed by atoms with E-state index in [1.165, 1.54) is 6.07 Å². The number of hydrogen-bond acceptors (Lipinski definition) is 1. The molecule has 0 aliphatic carbocycles. The Morgan fingerprint density at radius 3 is 2.48 bits per heavy atom. The van der Waals surface area contributed by atoms with Crippen LogP contribution in [-0.4, -0.2) is 12.5 Å². The lowest BCUT2D eigenvalue weighted by Crippen LogP contribution is -2.23. The SMILES string of the molecule is Cc1cc(C)cc(C(=O)NCC#Cc2ccccc2F)c1. The second kappa shape index (κ2) is 6.71. The highest BCUT2D eigenvalue weighted by Gasteiger charge is 2.05. The van der Waals surface area contributed by atoms with Crippen LogP contribution in [0.25, 0.3) is 0 Å². The van der Waals surface area contributed by atoms with E-state index in [9.17, 15) is 9.18 Å². The fraction of sp³-hybridized carbons (Fsp3) is 0.167. The Labute approximate surface area is 124 Å². The highest BCUT2D eigenvalue weighted by Crippen LogP contribution is 2.08. The van der Waals surface area contributed by atoms with Gasteiger partial charge in [-0.2, -0.15) is 0 Å². The van der Waals surface area contributed by atoms with Crippen LogP contribution in [0.4, 0.5) is 4.39 Å². The van der Waals surface area contributed by atoms with Crippen molar-refractivity contribution >= 4 is 5.91 Å². The van der Waals surface area contributed by atoms with Crippen molar-refractivity contribution in [2.24, 2.45) is 0 Å². The van der Waals surface area contributed by atoms with Gasteiger partial charge in [-0.15, -0.1) is 0 Å². The molecule has 2 aromatic rings. The topological polar surface area (TPSA) is 29.1 Å². The van der Waals surface area contributed by atoms with Gasteiger partial charge in [0, 0.05) is 5.56 Å². The van der Waals surface area contributed by atoms with Crippen LogP contribution in [-0.2, 0) is 0 Å². The molecule has 2 nitrogen and oxygen atoms in total. The van der Waals surface area contributed by atoms with E-state index in [2.05, 4.69) is 17.2 Å². The van der Waals surface area contributed by atoms with Crippen molar-refractivity contribution in [2.75, 3.05) is 6.54 Å². The van der Waals surface area contributed by atoms with Crippen molar-refractivity contribution in [3.8, 4) is 11.8 Å². The first kappa shape index (κ1) is 14.8. The average molecular weight is 281 g/mol. The van der Waals surface area contributed by atoms with Crippen LogP contribution in [0.3, 0.4) is 0 Å².